The Labute approximate surface area is 236 Å². The van der Waals surface area contributed by atoms with Crippen LogP contribution in [0.1, 0.15) is 118 Å². The summed E-state index contributed by atoms with van der Waals surface area (Å²) in [5.74, 6) is -3.16. The minimum atomic E-state index is -0.834. The molecule has 0 spiro atoms. The van der Waals surface area contributed by atoms with Crippen molar-refractivity contribution in [2.24, 2.45) is 0 Å². The number of carbonyl (C=O) groups excluding carboxylic acids is 4. The first-order chi connectivity index (χ1) is 19.4. The molecule has 3 rings (SSSR count). The minimum Gasteiger partial charge on any atom is -0.386 e. The zero-order chi connectivity index (χ0) is 28.7. The number of benzene rings is 3. The number of esters is 4. The Hall–Kier alpha value is -4.06. The monoisotopic (exact) mass is 542 g/mol. The summed E-state index contributed by atoms with van der Waals surface area (Å²) in [5, 5.41) is 0. The maximum atomic E-state index is 12.5. The number of unbranched alkanes of at least 4 members (excludes halogenated alkanes) is 6. The van der Waals surface area contributed by atoms with E-state index in [1.165, 1.54) is 62.8 Å². The SMILES string of the molecule is CCCCCCc1ccc(C(=O)OC(=O)c2ccc(C(=O)OC(=O)c3ccc(CCCCCC)cc3)cc2)cc1. The van der Waals surface area contributed by atoms with Crippen molar-refractivity contribution in [1.82, 2.24) is 0 Å². The van der Waals surface area contributed by atoms with Gasteiger partial charge in [0.1, 0.15) is 0 Å². The van der Waals surface area contributed by atoms with E-state index >= 15 is 0 Å². The Morgan fingerprint density at radius 1 is 0.425 bits per heavy atom. The smallest absolute Gasteiger partial charge is 0.346 e. The number of carbonyl (C=O) groups is 4. The van der Waals surface area contributed by atoms with Crippen LogP contribution in [0.4, 0.5) is 0 Å². The number of ether oxygens (including phenoxy) is 2. The topological polar surface area (TPSA) is 86.7 Å². The van der Waals surface area contributed by atoms with E-state index in [9.17, 15) is 19.2 Å². The molecule has 0 atom stereocenters. The van der Waals surface area contributed by atoms with E-state index in [-0.39, 0.29) is 22.3 Å². The number of hydrogen-bond acceptors (Lipinski definition) is 6. The number of hydrogen-bond donors (Lipinski definition) is 0. The van der Waals surface area contributed by atoms with Gasteiger partial charge in [0.2, 0.25) is 0 Å². The predicted octanol–water partition coefficient (Wildman–Crippen LogP) is 7.93. The van der Waals surface area contributed by atoms with Gasteiger partial charge in [-0.05, 0) is 85.3 Å². The van der Waals surface area contributed by atoms with Gasteiger partial charge in [-0.2, -0.15) is 0 Å². The highest BCUT2D eigenvalue weighted by Crippen LogP contribution is 2.15. The third-order valence-corrected chi connectivity index (χ3v) is 6.74. The van der Waals surface area contributed by atoms with Gasteiger partial charge >= 0.3 is 23.9 Å². The van der Waals surface area contributed by atoms with Gasteiger partial charge in [0.25, 0.3) is 0 Å². The van der Waals surface area contributed by atoms with E-state index in [1.54, 1.807) is 24.3 Å². The molecule has 0 amide bonds. The maximum Gasteiger partial charge on any atom is 0.346 e. The van der Waals surface area contributed by atoms with E-state index in [1.807, 2.05) is 24.3 Å². The zero-order valence-corrected chi connectivity index (χ0v) is 23.4. The summed E-state index contributed by atoms with van der Waals surface area (Å²) in [4.78, 5) is 49.7. The summed E-state index contributed by atoms with van der Waals surface area (Å²) in [5.41, 5.74) is 3.03. The van der Waals surface area contributed by atoms with E-state index < -0.39 is 23.9 Å². The third-order valence-electron chi connectivity index (χ3n) is 6.74. The molecule has 0 heterocycles. The normalized spacial score (nSPS) is 10.7. The molecule has 0 N–H and O–H groups in total. The fourth-order valence-electron chi connectivity index (χ4n) is 4.27. The van der Waals surface area contributed by atoms with Crippen LogP contribution in [0.3, 0.4) is 0 Å². The quantitative estimate of drug-likeness (QED) is 0.117. The Morgan fingerprint density at radius 3 is 0.975 bits per heavy atom. The molecule has 6 heteroatoms. The van der Waals surface area contributed by atoms with Crippen molar-refractivity contribution in [3.8, 4) is 0 Å². The van der Waals surface area contributed by atoms with Crippen LogP contribution >= 0.6 is 0 Å². The third kappa shape index (κ3) is 9.60. The second kappa shape index (κ2) is 16.1. The van der Waals surface area contributed by atoms with Crippen molar-refractivity contribution in [2.75, 3.05) is 0 Å². The molecule has 40 heavy (non-hydrogen) atoms. The molecular formula is C34H38O6. The maximum absolute atomic E-state index is 12.5. The molecule has 0 unspecified atom stereocenters. The van der Waals surface area contributed by atoms with Crippen LogP contribution in [0.15, 0.2) is 72.8 Å². The van der Waals surface area contributed by atoms with Crippen LogP contribution in [0.5, 0.6) is 0 Å². The molecule has 210 valence electrons. The lowest BCUT2D eigenvalue weighted by molar-refractivity contribution is 0.0376. The summed E-state index contributed by atoms with van der Waals surface area (Å²) >= 11 is 0. The summed E-state index contributed by atoms with van der Waals surface area (Å²) in [6.45, 7) is 4.34. The van der Waals surface area contributed by atoms with Gasteiger partial charge in [0.05, 0.1) is 22.3 Å². The van der Waals surface area contributed by atoms with Crippen LogP contribution in [-0.2, 0) is 22.3 Å². The molecular weight excluding hydrogens is 504 g/mol. The second-order valence-electron chi connectivity index (χ2n) is 9.95. The minimum absolute atomic E-state index is 0.0956. The predicted molar refractivity (Wildman–Crippen MR) is 155 cm³/mol. The van der Waals surface area contributed by atoms with Crippen molar-refractivity contribution in [3.05, 3.63) is 106 Å². The molecule has 0 radical (unpaired) electrons. The van der Waals surface area contributed by atoms with Crippen LogP contribution in [0, 0.1) is 0 Å². The van der Waals surface area contributed by atoms with E-state index in [0.717, 1.165) is 36.8 Å². The van der Waals surface area contributed by atoms with Crippen LogP contribution in [-0.4, -0.2) is 23.9 Å². The van der Waals surface area contributed by atoms with Crippen molar-refractivity contribution < 1.29 is 28.7 Å². The van der Waals surface area contributed by atoms with E-state index in [2.05, 4.69) is 13.8 Å². The molecule has 0 saturated heterocycles. The fourth-order valence-corrected chi connectivity index (χ4v) is 4.27. The fraction of sp³-hybridized carbons (Fsp3) is 0.353. The summed E-state index contributed by atoms with van der Waals surface area (Å²) < 4.78 is 9.99. The summed E-state index contributed by atoms with van der Waals surface area (Å²) in [6.07, 6.45) is 11.2. The highest BCUT2D eigenvalue weighted by Gasteiger charge is 2.18. The summed E-state index contributed by atoms with van der Waals surface area (Å²) in [6, 6.07) is 19.5. The van der Waals surface area contributed by atoms with E-state index in [0.29, 0.717) is 0 Å². The van der Waals surface area contributed by atoms with Crippen molar-refractivity contribution in [2.45, 2.75) is 78.1 Å². The lowest BCUT2D eigenvalue weighted by atomic mass is 10.0. The van der Waals surface area contributed by atoms with Gasteiger partial charge in [-0.1, -0.05) is 76.6 Å². The molecule has 3 aromatic rings. The van der Waals surface area contributed by atoms with Gasteiger partial charge in [-0.3, -0.25) is 0 Å². The Bertz CT molecular complexity index is 1160. The lowest BCUT2D eigenvalue weighted by Gasteiger charge is -2.07. The van der Waals surface area contributed by atoms with Crippen LogP contribution < -0.4 is 0 Å². The number of aryl methyl sites for hydroxylation is 2. The Kier molecular flexibility index (Phi) is 12.3. The van der Waals surface area contributed by atoms with Crippen molar-refractivity contribution in [3.63, 3.8) is 0 Å². The lowest BCUT2D eigenvalue weighted by Crippen LogP contribution is -2.14. The van der Waals surface area contributed by atoms with Crippen LogP contribution in [0.2, 0.25) is 0 Å². The standard InChI is InChI=1S/C34H38O6/c1-3-5-7-9-11-25-13-17-27(18-14-25)31(35)39-33(37)29-21-23-30(24-22-29)34(38)40-32(36)28-19-15-26(16-20-28)12-10-8-6-4-2/h13-24H,3-12H2,1-2H3. The van der Waals surface area contributed by atoms with Crippen molar-refractivity contribution >= 4 is 23.9 Å². The molecule has 0 bridgehead atoms. The second-order valence-corrected chi connectivity index (χ2v) is 9.95. The van der Waals surface area contributed by atoms with Gasteiger partial charge in [-0.15, -0.1) is 0 Å². The molecule has 0 aromatic heterocycles. The Balaban J connectivity index is 1.48. The first kappa shape index (κ1) is 30.5. The summed E-state index contributed by atoms with van der Waals surface area (Å²) in [7, 11) is 0. The average molecular weight is 543 g/mol. The Morgan fingerprint density at radius 2 is 0.700 bits per heavy atom. The van der Waals surface area contributed by atoms with Gasteiger partial charge in [0.15, 0.2) is 0 Å². The molecule has 6 nitrogen and oxygen atoms in total. The first-order valence-electron chi connectivity index (χ1n) is 14.2. The molecule has 0 aliphatic rings. The molecule has 3 aromatic carbocycles. The van der Waals surface area contributed by atoms with E-state index in [4.69, 9.17) is 9.47 Å². The molecule has 0 aliphatic carbocycles. The average Bonchev–Trinajstić information content (AvgIpc) is 2.98. The van der Waals surface area contributed by atoms with Crippen molar-refractivity contribution in [1.29, 1.82) is 0 Å². The van der Waals surface area contributed by atoms with Gasteiger partial charge < -0.3 is 9.47 Å². The molecule has 0 saturated carbocycles. The van der Waals surface area contributed by atoms with Gasteiger partial charge in [-0.25, -0.2) is 19.2 Å². The first-order valence-corrected chi connectivity index (χ1v) is 14.2. The number of rotatable bonds is 14. The molecule has 0 aliphatic heterocycles. The van der Waals surface area contributed by atoms with Crippen LogP contribution in [0.25, 0.3) is 0 Å². The largest absolute Gasteiger partial charge is 0.386 e. The highest BCUT2D eigenvalue weighted by atomic mass is 16.6. The molecule has 0 fully saturated rings. The van der Waals surface area contributed by atoms with Gasteiger partial charge in [0, 0.05) is 0 Å². The highest BCUT2D eigenvalue weighted by molar-refractivity contribution is 6.04. The zero-order valence-electron chi connectivity index (χ0n) is 23.4.